The van der Waals surface area contributed by atoms with Crippen molar-refractivity contribution in [3.63, 3.8) is 0 Å². The number of hydrogen-bond acceptors (Lipinski definition) is 5. The summed E-state index contributed by atoms with van der Waals surface area (Å²) in [5, 5.41) is 3.91. The molecule has 0 radical (unpaired) electrons. The molecule has 0 spiro atoms. The number of nitrogens with one attached hydrogen (secondary N) is 1. The second-order valence-corrected chi connectivity index (χ2v) is 6.03. The van der Waals surface area contributed by atoms with Gasteiger partial charge in [0.15, 0.2) is 6.10 Å². The second kappa shape index (κ2) is 9.87. The number of pyridine rings is 1. The molecule has 0 aliphatic rings. The van der Waals surface area contributed by atoms with Crippen LogP contribution in [0.4, 0.5) is 0 Å². The maximum absolute atomic E-state index is 12.1. The molecule has 142 valence electrons. The summed E-state index contributed by atoms with van der Waals surface area (Å²) >= 11 is 0. The minimum Gasteiger partial charge on any atom is -0.489 e. The van der Waals surface area contributed by atoms with Gasteiger partial charge in [0.05, 0.1) is 6.21 Å². The van der Waals surface area contributed by atoms with Crippen LogP contribution in [0.15, 0.2) is 84.2 Å². The van der Waals surface area contributed by atoms with Crippen LogP contribution in [0.25, 0.3) is 0 Å². The average Bonchev–Trinajstić information content (AvgIpc) is 2.74. The first-order chi connectivity index (χ1) is 13.7. The number of hydrogen-bond donors (Lipinski definition) is 1. The smallest absolute Gasteiger partial charge is 0.280 e. The van der Waals surface area contributed by atoms with Crippen molar-refractivity contribution in [2.75, 3.05) is 0 Å². The fourth-order valence-corrected chi connectivity index (χ4v) is 2.33. The highest BCUT2D eigenvalue weighted by molar-refractivity contribution is 5.84. The van der Waals surface area contributed by atoms with Crippen molar-refractivity contribution in [3.05, 3.63) is 90.3 Å². The van der Waals surface area contributed by atoms with Gasteiger partial charge in [0, 0.05) is 18.0 Å². The standard InChI is InChI=1S/C22H21N3O3/c1-17(22(26)25-24-15-19-8-5-13-23-14-19)28-21-11-9-20(10-12-21)27-16-18-6-3-2-4-7-18/h2-15,17H,16H2,1H3,(H,25,26)/b24-15-/t17-/m0/s1. The van der Waals surface area contributed by atoms with Crippen LogP contribution in [0.5, 0.6) is 11.5 Å². The molecule has 0 aliphatic carbocycles. The minimum atomic E-state index is -0.692. The molecule has 2 aromatic carbocycles. The first kappa shape index (κ1) is 19.1. The minimum absolute atomic E-state index is 0.343. The quantitative estimate of drug-likeness (QED) is 0.482. The number of hydrazone groups is 1. The Labute approximate surface area is 163 Å². The van der Waals surface area contributed by atoms with E-state index in [9.17, 15) is 4.79 Å². The van der Waals surface area contributed by atoms with Crippen molar-refractivity contribution in [2.24, 2.45) is 5.10 Å². The molecule has 1 amide bonds. The Balaban J connectivity index is 1.46. The van der Waals surface area contributed by atoms with Gasteiger partial charge < -0.3 is 9.47 Å². The number of amides is 1. The normalized spacial score (nSPS) is 11.8. The zero-order valence-corrected chi connectivity index (χ0v) is 15.5. The molecule has 0 saturated heterocycles. The lowest BCUT2D eigenvalue weighted by Crippen LogP contribution is -2.33. The Bertz CT molecular complexity index is 897. The molecule has 0 aliphatic heterocycles. The Morgan fingerprint density at radius 1 is 1.07 bits per heavy atom. The predicted octanol–water partition coefficient (Wildman–Crippen LogP) is 3.58. The maximum atomic E-state index is 12.1. The van der Waals surface area contributed by atoms with Gasteiger partial charge in [-0.15, -0.1) is 0 Å². The van der Waals surface area contributed by atoms with Crippen molar-refractivity contribution in [2.45, 2.75) is 19.6 Å². The molecule has 1 N–H and O–H groups in total. The number of aromatic nitrogens is 1. The van der Waals surface area contributed by atoms with Crippen molar-refractivity contribution in [1.29, 1.82) is 0 Å². The SMILES string of the molecule is C[C@H](Oc1ccc(OCc2ccccc2)cc1)C(=O)N/N=C\c1cccnc1. The van der Waals surface area contributed by atoms with E-state index in [2.05, 4.69) is 15.5 Å². The van der Waals surface area contributed by atoms with Gasteiger partial charge in [-0.05, 0) is 42.8 Å². The highest BCUT2D eigenvalue weighted by atomic mass is 16.5. The van der Waals surface area contributed by atoms with Crippen LogP contribution in [0.2, 0.25) is 0 Å². The molecule has 28 heavy (non-hydrogen) atoms. The number of carbonyl (C=O) groups is 1. The molecular formula is C22H21N3O3. The Morgan fingerprint density at radius 3 is 2.54 bits per heavy atom. The first-order valence-corrected chi connectivity index (χ1v) is 8.87. The van der Waals surface area contributed by atoms with Crippen LogP contribution >= 0.6 is 0 Å². The van der Waals surface area contributed by atoms with E-state index in [4.69, 9.17) is 9.47 Å². The van der Waals surface area contributed by atoms with Crippen LogP contribution in [0, 0.1) is 0 Å². The molecule has 1 heterocycles. The molecular weight excluding hydrogens is 354 g/mol. The summed E-state index contributed by atoms with van der Waals surface area (Å²) in [6.07, 6.45) is 4.15. The molecule has 0 saturated carbocycles. The van der Waals surface area contributed by atoms with Gasteiger partial charge in [0.1, 0.15) is 18.1 Å². The van der Waals surface area contributed by atoms with Crippen molar-refractivity contribution in [3.8, 4) is 11.5 Å². The van der Waals surface area contributed by atoms with E-state index in [1.54, 1.807) is 37.5 Å². The van der Waals surface area contributed by atoms with E-state index in [1.807, 2.05) is 48.5 Å². The van der Waals surface area contributed by atoms with Gasteiger partial charge >= 0.3 is 0 Å². The summed E-state index contributed by atoms with van der Waals surface area (Å²) in [5.74, 6) is 0.963. The molecule has 0 fully saturated rings. The van der Waals surface area contributed by atoms with Crippen LogP contribution in [-0.2, 0) is 11.4 Å². The van der Waals surface area contributed by atoms with Crippen LogP contribution in [0.1, 0.15) is 18.1 Å². The highest BCUT2D eigenvalue weighted by Gasteiger charge is 2.13. The number of benzene rings is 2. The predicted molar refractivity (Wildman–Crippen MR) is 107 cm³/mol. The molecule has 0 bridgehead atoms. The van der Waals surface area contributed by atoms with E-state index >= 15 is 0 Å². The van der Waals surface area contributed by atoms with Gasteiger partial charge in [0.25, 0.3) is 5.91 Å². The lowest BCUT2D eigenvalue weighted by atomic mass is 10.2. The van der Waals surface area contributed by atoms with Gasteiger partial charge in [-0.25, -0.2) is 5.43 Å². The van der Waals surface area contributed by atoms with Crippen molar-refractivity contribution >= 4 is 12.1 Å². The zero-order chi connectivity index (χ0) is 19.6. The Kier molecular flexibility index (Phi) is 6.73. The highest BCUT2D eigenvalue weighted by Crippen LogP contribution is 2.19. The Morgan fingerprint density at radius 2 is 1.82 bits per heavy atom. The first-order valence-electron chi connectivity index (χ1n) is 8.87. The number of carbonyl (C=O) groups excluding carboxylic acids is 1. The summed E-state index contributed by atoms with van der Waals surface area (Å²) < 4.78 is 11.4. The van der Waals surface area contributed by atoms with Crippen LogP contribution < -0.4 is 14.9 Å². The topological polar surface area (TPSA) is 72.8 Å². The fourth-order valence-electron chi connectivity index (χ4n) is 2.33. The monoisotopic (exact) mass is 375 g/mol. The summed E-state index contributed by atoms with van der Waals surface area (Å²) in [4.78, 5) is 16.0. The van der Waals surface area contributed by atoms with Gasteiger partial charge in [-0.1, -0.05) is 36.4 Å². The van der Waals surface area contributed by atoms with E-state index in [0.717, 1.165) is 16.9 Å². The van der Waals surface area contributed by atoms with E-state index in [0.29, 0.717) is 12.4 Å². The fraction of sp³-hybridized carbons (Fsp3) is 0.136. The third-order valence-electron chi connectivity index (χ3n) is 3.83. The third kappa shape index (κ3) is 5.95. The van der Waals surface area contributed by atoms with E-state index < -0.39 is 6.10 Å². The van der Waals surface area contributed by atoms with E-state index in [-0.39, 0.29) is 5.91 Å². The van der Waals surface area contributed by atoms with Crippen molar-refractivity contribution < 1.29 is 14.3 Å². The van der Waals surface area contributed by atoms with Gasteiger partial charge in [0.2, 0.25) is 0 Å². The molecule has 1 aromatic heterocycles. The van der Waals surface area contributed by atoms with Gasteiger partial charge in [-0.2, -0.15) is 5.10 Å². The van der Waals surface area contributed by atoms with Gasteiger partial charge in [-0.3, -0.25) is 9.78 Å². The lowest BCUT2D eigenvalue weighted by Gasteiger charge is -2.13. The third-order valence-corrected chi connectivity index (χ3v) is 3.83. The summed E-state index contributed by atoms with van der Waals surface area (Å²) in [7, 11) is 0. The molecule has 3 rings (SSSR count). The lowest BCUT2D eigenvalue weighted by molar-refractivity contribution is -0.127. The summed E-state index contributed by atoms with van der Waals surface area (Å²) in [6.45, 7) is 2.16. The molecule has 3 aromatic rings. The van der Waals surface area contributed by atoms with Crippen molar-refractivity contribution in [1.82, 2.24) is 10.4 Å². The Hall–Kier alpha value is -3.67. The number of rotatable bonds is 8. The summed E-state index contributed by atoms with van der Waals surface area (Å²) in [5.41, 5.74) is 4.35. The average molecular weight is 375 g/mol. The summed E-state index contributed by atoms with van der Waals surface area (Å²) in [6, 6.07) is 20.7. The largest absolute Gasteiger partial charge is 0.489 e. The number of ether oxygens (including phenoxy) is 2. The van der Waals surface area contributed by atoms with Crippen LogP contribution in [0.3, 0.4) is 0 Å². The number of nitrogens with zero attached hydrogens (tertiary/aromatic N) is 2. The molecule has 6 nitrogen and oxygen atoms in total. The molecule has 1 atom stereocenters. The second-order valence-electron chi connectivity index (χ2n) is 6.03. The zero-order valence-electron chi connectivity index (χ0n) is 15.5. The molecule has 6 heteroatoms. The molecule has 0 unspecified atom stereocenters. The van der Waals surface area contributed by atoms with Crippen LogP contribution in [-0.4, -0.2) is 23.2 Å². The van der Waals surface area contributed by atoms with E-state index in [1.165, 1.54) is 6.21 Å². The maximum Gasteiger partial charge on any atom is 0.280 e.